The average molecular weight is 478 g/mol. The molecule has 172 valence electrons. The summed E-state index contributed by atoms with van der Waals surface area (Å²) in [5.41, 5.74) is -0.157. The lowest BCUT2D eigenvalue weighted by Crippen LogP contribution is -2.60. The van der Waals surface area contributed by atoms with Crippen LogP contribution in [-0.4, -0.2) is 39.5 Å². The molecule has 0 saturated heterocycles. The van der Waals surface area contributed by atoms with Gasteiger partial charge in [0.2, 0.25) is 5.43 Å². The fourth-order valence-electron chi connectivity index (χ4n) is 3.88. The summed E-state index contributed by atoms with van der Waals surface area (Å²) >= 11 is 6.48. The van der Waals surface area contributed by atoms with Gasteiger partial charge in [-0.25, -0.2) is 0 Å². The Morgan fingerprint density at radius 3 is 2.27 bits per heavy atom. The van der Waals surface area contributed by atoms with Crippen LogP contribution in [0.25, 0.3) is 0 Å². The number of halogens is 4. The van der Waals surface area contributed by atoms with E-state index in [1.807, 2.05) is 0 Å². The summed E-state index contributed by atoms with van der Waals surface area (Å²) < 4.78 is 42.1. The first-order chi connectivity index (χ1) is 15.6. The molecule has 4 rings (SSSR count). The molecule has 0 bridgehead atoms. The largest absolute Gasteiger partial charge is 0.502 e. The maximum Gasteiger partial charge on any atom is 0.408 e. The van der Waals surface area contributed by atoms with Crippen molar-refractivity contribution < 1.29 is 23.1 Å². The molecule has 2 aromatic carbocycles. The van der Waals surface area contributed by atoms with E-state index < -0.39 is 47.7 Å². The van der Waals surface area contributed by atoms with Gasteiger partial charge >= 0.3 is 6.18 Å². The minimum atomic E-state index is -4.72. The zero-order valence-corrected chi connectivity index (χ0v) is 18.1. The minimum absolute atomic E-state index is 0.366. The summed E-state index contributed by atoms with van der Waals surface area (Å²) in [4.78, 5) is 25.7. The lowest BCUT2D eigenvalue weighted by molar-refractivity contribution is -0.173. The molecule has 0 unspecified atom stereocenters. The van der Waals surface area contributed by atoms with Gasteiger partial charge in [-0.05, 0) is 24.1 Å². The first kappa shape index (κ1) is 22.7. The molecule has 10 heteroatoms. The molecule has 1 N–H and O–H groups in total. The maximum atomic E-state index is 13.6. The van der Waals surface area contributed by atoms with Crippen LogP contribution in [0.2, 0.25) is 5.02 Å². The van der Waals surface area contributed by atoms with Crippen LogP contribution in [0.5, 0.6) is 5.75 Å². The molecule has 1 amide bonds. The SMILES string of the molecule is C[C@@H](N1CN([C@H](c2ccccc2)c2ccccc2Cl)n2ccc(=O)c(O)c2C1=O)C(F)(F)F. The third-order valence-electron chi connectivity index (χ3n) is 5.65. The van der Waals surface area contributed by atoms with Crippen LogP contribution in [0.3, 0.4) is 0 Å². The van der Waals surface area contributed by atoms with E-state index in [4.69, 9.17) is 11.6 Å². The van der Waals surface area contributed by atoms with Gasteiger partial charge in [0.15, 0.2) is 11.4 Å². The van der Waals surface area contributed by atoms with E-state index in [0.29, 0.717) is 21.0 Å². The summed E-state index contributed by atoms with van der Waals surface area (Å²) in [6.07, 6.45) is -3.46. The van der Waals surface area contributed by atoms with Gasteiger partial charge in [0, 0.05) is 17.3 Å². The Labute approximate surface area is 192 Å². The van der Waals surface area contributed by atoms with E-state index in [2.05, 4.69) is 0 Å². The second-order valence-corrected chi connectivity index (χ2v) is 8.04. The second-order valence-electron chi connectivity index (χ2n) is 7.63. The number of aromatic nitrogens is 1. The molecule has 2 atom stereocenters. The normalized spacial score (nSPS) is 15.8. The van der Waals surface area contributed by atoms with E-state index in [0.717, 1.165) is 13.0 Å². The van der Waals surface area contributed by atoms with Gasteiger partial charge in [0.05, 0.1) is 6.04 Å². The van der Waals surface area contributed by atoms with E-state index >= 15 is 0 Å². The molecule has 0 fully saturated rings. The first-order valence-corrected chi connectivity index (χ1v) is 10.4. The predicted octanol–water partition coefficient (Wildman–Crippen LogP) is 4.30. The fraction of sp³-hybridized carbons (Fsp3) is 0.217. The van der Waals surface area contributed by atoms with Crippen molar-refractivity contribution >= 4 is 17.5 Å². The lowest BCUT2D eigenvalue weighted by Gasteiger charge is -2.46. The fourth-order valence-corrected chi connectivity index (χ4v) is 4.12. The summed E-state index contributed by atoms with van der Waals surface area (Å²) in [5, 5.41) is 12.2. The van der Waals surface area contributed by atoms with Crippen LogP contribution in [-0.2, 0) is 0 Å². The van der Waals surface area contributed by atoms with E-state index in [1.54, 1.807) is 54.6 Å². The number of carbonyl (C=O) groups excluding carboxylic acids is 1. The van der Waals surface area contributed by atoms with Crippen molar-refractivity contribution in [2.75, 3.05) is 11.7 Å². The lowest BCUT2D eigenvalue weighted by atomic mass is 9.97. The van der Waals surface area contributed by atoms with E-state index in [9.17, 15) is 27.9 Å². The van der Waals surface area contributed by atoms with E-state index in [-0.39, 0.29) is 0 Å². The smallest absolute Gasteiger partial charge is 0.408 e. The first-order valence-electron chi connectivity index (χ1n) is 10.00. The molecule has 0 spiro atoms. The Kier molecular flexibility index (Phi) is 5.84. The topological polar surface area (TPSA) is 65.8 Å². The molecule has 3 aromatic rings. The van der Waals surface area contributed by atoms with Crippen molar-refractivity contribution in [1.29, 1.82) is 0 Å². The van der Waals surface area contributed by atoms with Gasteiger partial charge in [-0.1, -0.05) is 60.1 Å². The van der Waals surface area contributed by atoms with Crippen LogP contribution in [0, 0.1) is 0 Å². The molecule has 0 saturated carbocycles. The number of hydrogen-bond acceptors (Lipinski definition) is 4. The Morgan fingerprint density at radius 2 is 1.64 bits per heavy atom. The molecular weight excluding hydrogens is 459 g/mol. The number of nitrogens with zero attached hydrogens (tertiary/aromatic N) is 3. The molecule has 1 aromatic heterocycles. The number of benzene rings is 2. The Hall–Kier alpha value is -3.46. The molecule has 6 nitrogen and oxygen atoms in total. The Bertz CT molecular complexity index is 1250. The standard InChI is InChI=1S/C23H19ClF3N3O3/c1-14(23(25,26)27)28-13-30(29-12-11-18(31)21(32)20(29)22(28)33)19(15-7-3-2-4-8-15)16-9-5-6-10-17(16)24/h2-12,14,19,32H,13H2,1H3/t14-,19-/m1/s1. The predicted molar refractivity (Wildman–Crippen MR) is 117 cm³/mol. The quantitative estimate of drug-likeness (QED) is 0.608. The Morgan fingerprint density at radius 1 is 1.00 bits per heavy atom. The van der Waals surface area contributed by atoms with Crippen molar-refractivity contribution in [2.45, 2.75) is 25.2 Å². The average Bonchev–Trinajstić information content (AvgIpc) is 2.78. The van der Waals surface area contributed by atoms with E-state index in [1.165, 1.54) is 15.9 Å². The molecule has 1 aliphatic rings. The van der Waals surface area contributed by atoms with Crippen LogP contribution in [0.4, 0.5) is 13.2 Å². The molecule has 0 radical (unpaired) electrons. The van der Waals surface area contributed by atoms with Crippen LogP contribution < -0.4 is 10.4 Å². The third-order valence-corrected chi connectivity index (χ3v) is 5.99. The summed E-state index contributed by atoms with van der Waals surface area (Å²) in [5.74, 6) is -2.02. The van der Waals surface area contributed by atoms with Crippen molar-refractivity contribution in [2.24, 2.45) is 0 Å². The number of pyridine rings is 1. The third kappa shape index (κ3) is 4.04. The van der Waals surface area contributed by atoms with Gasteiger partial charge < -0.3 is 10.0 Å². The highest BCUT2D eigenvalue weighted by Crippen LogP contribution is 2.37. The Balaban J connectivity index is 1.98. The number of hydrogen-bond donors (Lipinski definition) is 1. The van der Waals surface area contributed by atoms with Crippen LogP contribution in [0.1, 0.15) is 34.6 Å². The van der Waals surface area contributed by atoms with Gasteiger partial charge in [0.25, 0.3) is 5.91 Å². The number of fused-ring (bicyclic) bond motifs is 1. The summed E-state index contributed by atoms with van der Waals surface area (Å²) in [7, 11) is 0. The van der Waals surface area contributed by atoms with Crippen molar-refractivity contribution in [1.82, 2.24) is 9.58 Å². The second kappa shape index (κ2) is 8.47. The summed E-state index contributed by atoms with van der Waals surface area (Å²) in [6.45, 7) is 0.385. The van der Waals surface area contributed by atoms with Crippen molar-refractivity contribution in [3.05, 3.63) is 98.9 Å². The number of carbonyl (C=O) groups is 1. The number of rotatable bonds is 4. The molecule has 33 heavy (non-hydrogen) atoms. The number of alkyl halides is 3. The van der Waals surface area contributed by atoms with Gasteiger partial charge in [-0.15, -0.1) is 0 Å². The molecule has 1 aliphatic heterocycles. The highest BCUT2D eigenvalue weighted by atomic mass is 35.5. The summed E-state index contributed by atoms with van der Waals surface area (Å²) in [6, 6.07) is 13.9. The van der Waals surface area contributed by atoms with Gasteiger partial charge in [-0.2, -0.15) is 13.2 Å². The highest BCUT2D eigenvalue weighted by Gasteiger charge is 2.47. The highest BCUT2D eigenvalue weighted by molar-refractivity contribution is 6.31. The minimum Gasteiger partial charge on any atom is -0.502 e. The zero-order chi connectivity index (χ0) is 23.9. The number of amides is 1. The van der Waals surface area contributed by atoms with Gasteiger partial charge in [0.1, 0.15) is 12.7 Å². The zero-order valence-electron chi connectivity index (χ0n) is 17.3. The number of aromatic hydroxyl groups is 1. The molecule has 2 heterocycles. The van der Waals surface area contributed by atoms with Crippen molar-refractivity contribution in [3.63, 3.8) is 0 Å². The van der Waals surface area contributed by atoms with Gasteiger partial charge in [-0.3, -0.25) is 19.3 Å². The maximum absolute atomic E-state index is 13.6. The van der Waals surface area contributed by atoms with Crippen LogP contribution in [0.15, 0.2) is 71.7 Å². The molecular formula is C23H19ClF3N3O3. The van der Waals surface area contributed by atoms with Crippen molar-refractivity contribution in [3.8, 4) is 5.75 Å². The monoisotopic (exact) mass is 477 g/mol. The molecule has 0 aliphatic carbocycles. The van der Waals surface area contributed by atoms with Crippen LogP contribution >= 0.6 is 11.6 Å².